The second-order valence-electron chi connectivity index (χ2n) is 5.69. The third kappa shape index (κ3) is 2.97. The van der Waals surface area contributed by atoms with Gasteiger partial charge in [-0.15, -0.1) is 0 Å². The Balaban J connectivity index is 1.78. The molecule has 0 saturated carbocycles. The van der Waals surface area contributed by atoms with Crippen molar-refractivity contribution in [3.8, 4) is 11.5 Å². The molecule has 2 aromatic rings. The molecule has 0 aromatic heterocycles. The van der Waals surface area contributed by atoms with Gasteiger partial charge in [0, 0.05) is 30.5 Å². The van der Waals surface area contributed by atoms with Crippen molar-refractivity contribution >= 4 is 5.78 Å². The second kappa shape index (κ2) is 6.20. The highest BCUT2D eigenvalue weighted by Gasteiger charge is 2.29. The normalized spacial score (nSPS) is 21.5. The molecule has 2 aromatic carbocycles. The van der Waals surface area contributed by atoms with Gasteiger partial charge in [0.15, 0.2) is 5.78 Å². The minimum absolute atomic E-state index is 0.0232. The van der Waals surface area contributed by atoms with Crippen LogP contribution in [0.3, 0.4) is 0 Å². The molecule has 1 fully saturated rings. The van der Waals surface area contributed by atoms with Crippen molar-refractivity contribution in [1.82, 2.24) is 5.32 Å². The number of Topliss-reactive ketones (excluding diaryl/α,β-unsaturated/α-hetero) is 1. The lowest BCUT2D eigenvalue weighted by Gasteiger charge is -2.30. The van der Waals surface area contributed by atoms with Gasteiger partial charge in [-0.25, -0.2) is 0 Å². The molecule has 0 spiro atoms. The van der Waals surface area contributed by atoms with Crippen LogP contribution in [0.1, 0.15) is 28.3 Å². The van der Waals surface area contributed by atoms with Gasteiger partial charge in [-0.2, -0.15) is 0 Å². The fourth-order valence-corrected chi connectivity index (χ4v) is 3.05. The molecule has 1 aliphatic heterocycles. The largest absolute Gasteiger partial charge is 0.508 e. The predicted octanol–water partition coefficient (Wildman–Crippen LogP) is 2.47. The van der Waals surface area contributed by atoms with Gasteiger partial charge in [-0.3, -0.25) is 4.79 Å². The zero-order valence-electron chi connectivity index (χ0n) is 12.1. The number of carbonyl (C=O) groups is 1. The molecule has 1 saturated heterocycles. The van der Waals surface area contributed by atoms with E-state index in [9.17, 15) is 15.0 Å². The predicted molar refractivity (Wildman–Crippen MR) is 83.1 cm³/mol. The average molecular weight is 296 g/mol. The zero-order valence-corrected chi connectivity index (χ0v) is 12.1. The summed E-state index contributed by atoms with van der Waals surface area (Å²) in [5.41, 5.74) is 1.37. The summed E-state index contributed by atoms with van der Waals surface area (Å²) >= 11 is 0. The number of piperidine rings is 1. The van der Waals surface area contributed by atoms with Gasteiger partial charge in [-0.1, -0.05) is 24.3 Å². The first-order chi connectivity index (χ1) is 10.6. The first kappa shape index (κ1) is 14.6. The van der Waals surface area contributed by atoms with E-state index in [0.717, 1.165) is 12.1 Å². The Hall–Kier alpha value is -2.33. The molecule has 0 bridgehead atoms. The molecule has 0 aliphatic carbocycles. The summed E-state index contributed by atoms with van der Waals surface area (Å²) in [7, 11) is 0. The molecular weight excluding hydrogens is 278 g/mol. The van der Waals surface area contributed by atoms with Crippen LogP contribution in [0.25, 0.3) is 0 Å². The summed E-state index contributed by atoms with van der Waals surface area (Å²) in [6, 6.07) is 14.5. The summed E-state index contributed by atoms with van der Waals surface area (Å²) in [6.45, 7) is 1.35. The molecule has 113 valence electrons. The summed E-state index contributed by atoms with van der Waals surface area (Å²) in [5, 5.41) is 22.8. The lowest BCUT2D eigenvalue weighted by atomic mass is 9.81. The maximum Gasteiger partial charge on any atom is 0.167 e. The first-order valence-corrected chi connectivity index (χ1v) is 7.38. The molecular formula is C18H18NO3. The van der Waals surface area contributed by atoms with Crippen LogP contribution >= 0.6 is 0 Å². The van der Waals surface area contributed by atoms with E-state index in [4.69, 9.17) is 0 Å². The van der Waals surface area contributed by atoms with E-state index in [1.807, 2.05) is 6.07 Å². The summed E-state index contributed by atoms with van der Waals surface area (Å²) < 4.78 is 0. The number of rotatable bonds is 3. The van der Waals surface area contributed by atoms with Crippen molar-refractivity contribution in [3.63, 3.8) is 0 Å². The van der Waals surface area contributed by atoms with Gasteiger partial charge in [0.25, 0.3) is 0 Å². The average Bonchev–Trinajstić information content (AvgIpc) is 2.55. The van der Waals surface area contributed by atoms with E-state index < -0.39 is 0 Å². The van der Waals surface area contributed by atoms with E-state index >= 15 is 0 Å². The highest BCUT2D eigenvalue weighted by molar-refractivity contribution is 5.98. The second-order valence-corrected chi connectivity index (χ2v) is 5.69. The fourth-order valence-electron chi connectivity index (χ4n) is 3.05. The molecule has 1 aliphatic rings. The monoisotopic (exact) mass is 296 g/mol. The number of phenols is 2. The van der Waals surface area contributed by atoms with Crippen molar-refractivity contribution in [1.29, 1.82) is 0 Å². The van der Waals surface area contributed by atoms with Crippen molar-refractivity contribution in [2.24, 2.45) is 5.92 Å². The number of benzene rings is 2. The van der Waals surface area contributed by atoms with Crippen LogP contribution in [-0.2, 0) is 0 Å². The molecule has 4 nitrogen and oxygen atoms in total. The molecule has 2 atom stereocenters. The van der Waals surface area contributed by atoms with Crippen LogP contribution in [0.15, 0.2) is 42.5 Å². The summed E-state index contributed by atoms with van der Waals surface area (Å²) in [6.07, 6.45) is 0.680. The van der Waals surface area contributed by atoms with Gasteiger partial charge >= 0.3 is 0 Å². The van der Waals surface area contributed by atoms with Crippen molar-refractivity contribution < 1.29 is 15.0 Å². The first-order valence-electron chi connectivity index (χ1n) is 7.38. The van der Waals surface area contributed by atoms with E-state index in [2.05, 4.69) is 11.4 Å². The maximum absolute atomic E-state index is 12.6. The van der Waals surface area contributed by atoms with Gasteiger partial charge < -0.3 is 15.5 Å². The Morgan fingerprint density at radius 1 is 1.23 bits per heavy atom. The number of phenolic OH excluding ortho intramolecular Hbond substituents is 2. The third-order valence-electron chi connectivity index (χ3n) is 4.17. The highest BCUT2D eigenvalue weighted by atomic mass is 16.3. The minimum Gasteiger partial charge on any atom is -0.508 e. The fraction of sp³-hybridized carbons (Fsp3) is 0.278. The number of carbonyl (C=O) groups excluding carboxylic acids is 1. The highest BCUT2D eigenvalue weighted by Crippen LogP contribution is 2.33. The molecule has 4 heteroatoms. The molecule has 2 unspecified atom stereocenters. The lowest BCUT2D eigenvalue weighted by molar-refractivity contribution is 0.0891. The smallest absolute Gasteiger partial charge is 0.167 e. The maximum atomic E-state index is 12.6. The van der Waals surface area contributed by atoms with E-state index in [0.29, 0.717) is 18.5 Å². The summed E-state index contributed by atoms with van der Waals surface area (Å²) in [5.74, 6) is 0.274. The molecule has 1 radical (unpaired) electrons. The van der Waals surface area contributed by atoms with E-state index in [1.165, 1.54) is 6.07 Å². The number of hydrogen-bond acceptors (Lipinski definition) is 4. The van der Waals surface area contributed by atoms with Crippen LogP contribution in [0, 0.1) is 12.0 Å². The third-order valence-corrected chi connectivity index (χ3v) is 4.17. The molecule has 3 rings (SSSR count). The standard InChI is InChI=1S/C18H18NO3/c20-15-5-3-4-12(9-15)18(22)14-8-13(10-19-11-14)16-6-1-2-7-17(16)21/h1,3-7,9,13-14,19-21H,8,10-11H2. The molecule has 22 heavy (non-hydrogen) atoms. The van der Waals surface area contributed by atoms with Crippen molar-refractivity contribution in [2.75, 3.05) is 13.1 Å². The minimum atomic E-state index is -0.163. The van der Waals surface area contributed by atoms with Crippen LogP contribution in [0.5, 0.6) is 11.5 Å². The Kier molecular flexibility index (Phi) is 4.11. The van der Waals surface area contributed by atoms with Crippen molar-refractivity contribution in [3.05, 3.63) is 59.7 Å². The quantitative estimate of drug-likeness (QED) is 0.761. The zero-order chi connectivity index (χ0) is 15.5. The lowest BCUT2D eigenvalue weighted by Crippen LogP contribution is -2.38. The number of nitrogens with one attached hydrogen (secondary N) is 1. The van der Waals surface area contributed by atoms with Gasteiger partial charge in [0.1, 0.15) is 11.5 Å². The Bertz CT molecular complexity index is 684. The van der Waals surface area contributed by atoms with E-state index in [-0.39, 0.29) is 29.1 Å². The topological polar surface area (TPSA) is 69.6 Å². The molecule has 3 N–H and O–H groups in total. The number of ketones is 1. The molecule has 0 amide bonds. The van der Waals surface area contributed by atoms with Crippen LogP contribution in [0.4, 0.5) is 0 Å². The Labute approximate surface area is 129 Å². The SMILES string of the molecule is O=C(c1cccc(O)c1)C1CNCC(c2cc[c]cc2O)C1. The van der Waals surface area contributed by atoms with E-state index in [1.54, 1.807) is 30.3 Å². The molecule has 1 heterocycles. The van der Waals surface area contributed by atoms with Crippen LogP contribution in [-0.4, -0.2) is 29.1 Å². The number of hydrogen-bond donors (Lipinski definition) is 3. The number of aromatic hydroxyl groups is 2. The van der Waals surface area contributed by atoms with Gasteiger partial charge in [-0.05, 0) is 36.2 Å². The Morgan fingerprint density at radius 3 is 2.86 bits per heavy atom. The van der Waals surface area contributed by atoms with Gasteiger partial charge in [0.05, 0.1) is 0 Å². The Morgan fingerprint density at radius 2 is 2.09 bits per heavy atom. The van der Waals surface area contributed by atoms with Gasteiger partial charge in [0.2, 0.25) is 0 Å². The van der Waals surface area contributed by atoms with Crippen LogP contribution < -0.4 is 5.32 Å². The van der Waals surface area contributed by atoms with Crippen molar-refractivity contribution in [2.45, 2.75) is 12.3 Å². The summed E-state index contributed by atoms with van der Waals surface area (Å²) in [4.78, 5) is 12.6. The van der Waals surface area contributed by atoms with Crippen LogP contribution in [0.2, 0.25) is 0 Å².